The molecule has 0 aliphatic heterocycles. The lowest BCUT2D eigenvalue weighted by Crippen LogP contribution is -2.10. The molecule has 2 aromatic rings. The summed E-state index contributed by atoms with van der Waals surface area (Å²) in [6, 6.07) is 10.4. The van der Waals surface area contributed by atoms with Crippen molar-refractivity contribution >= 4 is 28.3 Å². The molecular weight excluding hydrogens is 394 g/mol. The SMILES string of the molecule is Nc1ccc(C(F)(F)F)cc1C(O)Cc1ccc(I)cc1. The molecule has 1 atom stereocenters. The molecule has 0 fully saturated rings. The molecule has 0 spiro atoms. The summed E-state index contributed by atoms with van der Waals surface area (Å²) >= 11 is 2.15. The van der Waals surface area contributed by atoms with E-state index in [0.29, 0.717) is 0 Å². The Bertz CT molecular complexity index is 626. The number of halogens is 4. The van der Waals surface area contributed by atoms with E-state index in [2.05, 4.69) is 22.6 Å². The molecule has 3 N–H and O–H groups in total. The minimum atomic E-state index is -4.45. The maximum absolute atomic E-state index is 12.7. The van der Waals surface area contributed by atoms with E-state index in [9.17, 15) is 18.3 Å². The van der Waals surface area contributed by atoms with Crippen LogP contribution in [0.2, 0.25) is 0 Å². The fourth-order valence-electron chi connectivity index (χ4n) is 1.99. The number of aliphatic hydroxyl groups is 1. The van der Waals surface area contributed by atoms with Crippen molar-refractivity contribution in [3.8, 4) is 0 Å². The number of anilines is 1. The van der Waals surface area contributed by atoms with E-state index in [0.717, 1.165) is 21.3 Å². The molecule has 0 aliphatic rings. The van der Waals surface area contributed by atoms with Crippen molar-refractivity contribution in [1.29, 1.82) is 0 Å². The summed E-state index contributed by atoms with van der Waals surface area (Å²) in [4.78, 5) is 0. The molecule has 0 saturated heterocycles. The smallest absolute Gasteiger partial charge is 0.398 e. The summed E-state index contributed by atoms with van der Waals surface area (Å²) in [6.07, 6.45) is -5.32. The zero-order valence-corrected chi connectivity index (χ0v) is 13.0. The van der Waals surface area contributed by atoms with Crippen LogP contribution in [0, 0.1) is 3.57 Å². The van der Waals surface area contributed by atoms with Crippen LogP contribution in [0.5, 0.6) is 0 Å². The number of benzene rings is 2. The van der Waals surface area contributed by atoms with E-state index in [1.54, 1.807) is 0 Å². The van der Waals surface area contributed by atoms with Gasteiger partial charge in [-0.1, -0.05) is 12.1 Å². The molecule has 2 nitrogen and oxygen atoms in total. The molecule has 0 aromatic heterocycles. The van der Waals surface area contributed by atoms with Gasteiger partial charge in [0.05, 0.1) is 11.7 Å². The highest BCUT2D eigenvalue weighted by molar-refractivity contribution is 14.1. The molecule has 112 valence electrons. The van der Waals surface area contributed by atoms with Crippen LogP contribution in [0.4, 0.5) is 18.9 Å². The van der Waals surface area contributed by atoms with E-state index in [4.69, 9.17) is 5.73 Å². The van der Waals surface area contributed by atoms with Gasteiger partial charge in [0.15, 0.2) is 0 Å². The normalized spacial score (nSPS) is 13.2. The van der Waals surface area contributed by atoms with E-state index < -0.39 is 17.8 Å². The van der Waals surface area contributed by atoms with Crippen molar-refractivity contribution < 1.29 is 18.3 Å². The van der Waals surface area contributed by atoms with Crippen LogP contribution in [0.25, 0.3) is 0 Å². The lowest BCUT2D eigenvalue weighted by Gasteiger charge is -2.16. The van der Waals surface area contributed by atoms with Gasteiger partial charge < -0.3 is 10.8 Å². The first-order valence-electron chi connectivity index (χ1n) is 6.16. The number of alkyl halides is 3. The third-order valence-corrected chi connectivity index (χ3v) is 3.83. The lowest BCUT2D eigenvalue weighted by atomic mass is 9.98. The molecule has 0 saturated carbocycles. The first-order chi connectivity index (χ1) is 9.77. The molecule has 0 radical (unpaired) electrons. The molecular formula is C15H13F3INO. The molecule has 0 amide bonds. The van der Waals surface area contributed by atoms with E-state index in [1.807, 2.05) is 24.3 Å². The average molecular weight is 407 g/mol. The Kier molecular flexibility index (Phi) is 4.77. The van der Waals surface area contributed by atoms with Crippen LogP contribution < -0.4 is 5.73 Å². The molecule has 0 aliphatic carbocycles. The number of hydrogen-bond donors (Lipinski definition) is 2. The summed E-state index contributed by atoms with van der Waals surface area (Å²) in [5.41, 5.74) is 5.96. The van der Waals surface area contributed by atoms with Gasteiger partial charge in [0, 0.05) is 21.2 Å². The lowest BCUT2D eigenvalue weighted by molar-refractivity contribution is -0.137. The third kappa shape index (κ3) is 4.10. The summed E-state index contributed by atoms with van der Waals surface area (Å²) in [5, 5.41) is 10.2. The Hall–Kier alpha value is -1.28. The number of hydrogen-bond acceptors (Lipinski definition) is 2. The quantitative estimate of drug-likeness (QED) is 0.593. The maximum atomic E-state index is 12.7. The molecule has 1 unspecified atom stereocenters. The highest BCUT2D eigenvalue weighted by atomic mass is 127. The standard InChI is InChI=1S/C15H13F3INO/c16-15(17,18)10-3-6-13(20)12(8-10)14(21)7-9-1-4-11(19)5-2-9/h1-6,8,14,21H,7,20H2. The van der Waals surface area contributed by atoms with E-state index in [1.165, 1.54) is 6.07 Å². The van der Waals surface area contributed by atoms with Crippen molar-refractivity contribution in [3.63, 3.8) is 0 Å². The molecule has 2 aromatic carbocycles. The van der Waals surface area contributed by atoms with Crippen LogP contribution in [-0.2, 0) is 12.6 Å². The highest BCUT2D eigenvalue weighted by Gasteiger charge is 2.31. The van der Waals surface area contributed by atoms with Gasteiger partial charge in [0.25, 0.3) is 0 Å². The van der Waals surface area contributed by atoms with Crippen LogP contribution in [0.1, 0.15) is 22.8 Å². The van der Waals surface area contributed by atoms with Crippen molar-refractivity contribution in [1.82, 2.24) is 0 Å². The predicted octanol–water partition coefficient (Wildman–Crippen LogP) is 4.17. The second-order valence-corrected chi connectivity index (χ2v) is 5.93. The predicted molar refractivity (Wildman–Crippen MR) is 83.7 cm³/mol. The van der Waals surface area contributed by atoms with Crippen molar-refractivity contribution in [2.24, 2.45) is 0 Å². The van der Waals surface area contributed by atoms with Crippen LogP contribution >= 0.6 is 22.6 Å². The minimum absolute atomic E-state index is 0.100. The van der Waals surface area contributed by atoms with Gasteiger partial charge >= 0.3 is 6.18 Å². The van der Waals surface area contributed by atoms with Gasteiger partial charge in [-0.15, -0.1) is 0 Å². The van der Waals surface area contributed by atoms with Gasteiger partial charge in [0.2, 0.25) is 0 Å². The van der Waals surface area contributed by atoms with Gasteiger partial charge in [-0.3, -0.25) is 0 Å². The highest BCUT2D eigenvalue weighted by Crippen LogP contribution is 2.33. The van der Waals surface area contributed by atoms with Crippen LogP contribution in [0.15, 0.2) is 42.5 Å². The molecule has 21 heavy (non-hydrogen) atoms. The third-order valence-electron chi connectivity index (χ3n) is 3.12. The Morgan fingerprint density at radius 3 is 2.29 bits per heavy atom. The fourth-order valence-corrected chi connectivity index (χ4v) is 2.35. The van der Waals surface area contributed by atoms with Gasteiger partial charge in [-0.05, 0) is 58.5 Å². The Morgan fingerprint density at radius 1 is 1.10 bits per heavy atom. The average Bonchev–Trinajstić information content (AvgIpc) is 2.40. The van der Waals surface area contributed by atoms with Crippen LogP contribution in [0.3, 0.4) is 0 Å². The molecule has 0 heterocycles. The summed E-state index contributed by atoms with van der Waals surface area (Å²) in [6.45, 7) is 0. The maximum Gasteiger partial charge on any atom is 0.416 e. The second-order valence-electron chi connectivity index (χ2n) is 4.69. The minimum Gasteiger partial charge on any atom is -0.398 e. The largest absolute Gasteiger partial charge is 0.416 e. The first kappa shape index (κ1) is 16.1. The topological polar surface area (TPSA) is 46.2 Å². The molecule has 0 bridgehead atoms. The van der Waals surface area contributed by atoms with Gasteiger partial charge in [-0.2, -0.15) is 13.2 Å². The zero-order chi connectivity index (χ0) is 15.6. The Morgan fingerprint density at radius 2 is 1.71 bits per heavy atom. The van der Waals surface area contributed by atoms with Crippen molar-refractivity contribution in [2.45, 2.75) is 18.7 Å². The summed E-state index contributed by atoms with van der Waals surface area (Å²) in [5.74, 6) is 0. The summed E-state index contributed by atoms with van der Waals surface area (Å²) in [7, 11) is 0. The fraction of sp³-hybridized carbons (Fsp3) is 0.200. The zero-order valence-electron chi connectivity index (χ0n) is 10.9. The monoisotopic (exact) mass is 407 g/mol. The van der Waals surface area contributed by atoms with Crippen molar-refractivity contribution in [3.05, 3.63) is 62.7 Å². The number of nitrogen functional groups attached to an aromatic ring is 1. The summed E-state index contributed by atoms with van der Waals surface area (Å²) < 4.78 is 39.2. The first-order valence-corrected chi connectivity index (χ1v) is 7.24. The van der Waals surface area contributed by atoms with Gasteiger partial charge in [0.1, 0.15) is 0 Å². The van der Waals surface area contributed by atoms with E-state index in [-0.39, 0.29) is 17.7 Å². The Labute approximate surface area is 133 Å². The number of aliphatic hydroxyl groups excluding tert-OH is 1. The second kappa shape index (κ2) is 6.23. The van der Waals surface area contributed by atoms with Crippen molar-refractivity contribution in [2.75, 3.05) is 5.73 Å². The Balaban J connectivity index is 2.26. The number of rotatable bonds is 3. The number of nitrogens with two attached hydrogens (primary N) is 1. The molecule has 6 heteroatoms. The van der Waals surface area contributed by atoms with E-state index >= 15 is 0 Å². The van der Waals surface area contributed by atoms with Gasteiger partial charge in [-0.25, -0.2) is 0 Å². The molecule has 2 rings (SSSR count). The van der Waals surface area contributed by atoms with Crippen LogP contribution in [-0.4, -0.2) is 5.11 Å².